The maximum absolute atomic E-state index is 13.5. The number of nitrogens with one attached hydrogen (secondary N) is 1. The molecule has 0 radical (unpaired) electrons. The topological polar surface area (TPSA) is 50.1 Å². The highest BCUT2D eigenvalue weighted by atomic mass is 19.4. The molecule has 4 atom stereocenters. The summed E-state index contributed by atoms with van der Waals surface area (Å²) in [5.74, 6) is 1.35. The average Bonchev–Trinajstić information content (AvgIpc) is 2.97. The quantitative estimate of drug-likeness (QED) is 0.840. The number of rotatable bonds is 5. The molecule has 2 saturated carbocycles. The van der Waals surface area contributed by atoms with Gasteiger partial charge < -0.3 is 5.11 Å². The summed E-state index contributed by atoms with van der Waals surface area (Å²) in [6, 6.07) is -1.69. The van der Waals surface area contributed by atoms with Crippen molar-refractivity contribution in [2.75, 3.05) is 6.61 Å². The van der Waals surface area contributed by atoms with E-state index in [0.29, 0.717) is 24.7 Å². The molecule has 1 aromatic heterocycles. The van der Waals surface area contributed by atoms with Crippen LogP contribution in [0, 0.1) is 17.8 Å². The molecule has 0 saturated heterocycles. The minimum atomic E-state index is -4.35. The Labute approximate surface area is 146 Å². The van der Waals surface area contributed by atoms with E-state index in [9.17, 15) is 13.2 Å². The van der Waals surface area contributed by atoms with Gasteiger partial charge in [0.25, 0.3) is 0 Å². The summed E-state index contributed by atoms with van der Waals surface area (Å²) in [7, 11) is 0. The number of aliphatic hydroxyl groups is 1. The molecule has 0 spiro atoms. The van der Waals surface area contributed by atoms with Gasteiger partial charge in [-0.15, -0.1) is 0 Å². The third kappa shape index (κ3) is 4.19. The molecule has 4 nitrogen and oxygen atoms in total. The van der Waals surface area contributed by atoms with Crippen molar-refractivity contribution in [3.8, 4) is 0 Å². The molecule has 0 aromatic carbocycles. The predicted octanol–water partition coefficient (Wildman–Crippen LogP) is 3.84. The van der Waals surface area contributed by atoms with Gasteiger partial charge in [-0.05, 0) is 49.9 Å². The lowest BCUT2D eigenvalue weighted by atomic mass is 9.79. The van der Waals surface area contributed by atoms with Crippen LogP contribution < -0.4 is 5.32 Å². The summed E-state index contributed by atoms with van der Waals surface area (Å²) in [6.45, 7) is 4.48. The van der Waals surface area contributed by atoms with Crippen LogP contribution in [0.15, 0.2) is 12.4 Å². The molecular weight excluding hydrogens is 331 g/mol. The Morgan fingerprint density at radius 1 is 1.24 bits per heavy atom. The van der Waals surface area contributed by atoms with Crippen molar-refractivity contribution >= 4 is 0 Å². The fourth-order valence-corrected chi connectivity index (χ4v) is 4.10. The van der Waals surface area contributed by atoms with E-state index in [1.165, 1.54) is 6.20 Å². The molecule has 0 aliphatic heterocycles. The zero-order chi connectivity index (χ0) is 18.2. The van der Waals surface area contributed by atoms with Crippen molar-refractivity contribution in [3.05, 3.63) is 18.0 Å². The normalized spacial score (nSPS) is 34.6. The van der Waals surface area contributed by atoms with Gasteiger partial charge in [0.05, 0.1) is 12.2 Å². The fourth-order valence-electron chi connectivity index (χ4n) is 4.10. The van der Waals surface area contributed by atoms with Gasteiger partial charge in [-0.3, -0.25) is 10.00 Å². The zero-order valence-electron chi connectivity index (χ0n) is 14.8. The van der Waals surface area contributed by atoms with Crippen LogP contribution >= 0.6 is 0 Å². The largest absolute Gasteiger partial charge is 0.408 e. The molecule has 7 heteroatoms. The highest BCUT2D eigenvalue weighted by molar-refractivity contribution is 5.14. The van der Waals surface area contributed by atoms with E-state index in [0.717, 1.165) is 19.3 Å². The lowest BCUT2D eigenvalue weighted by Gasteiger charge is -2.37. The smallest absolute Gasteiger partial charge is 0.396 e. The van der Waals surface area contributed by atoms with Crippen LogP contribution in [0.4, 0.5) is 13.2 Å². The third-order valence-corrected chi connectivity index (χ3v) is 6.12. The van der Waals surface area contributed by atoms with Crippen molar-refractivity contribution in [1.29, 1.82) is 0 Å². The van der Waals surface area contributed by atoms with Crippen LogP contribution in [0.5, 0.6) is 0 Å². The van der Waals surface area contributed by atoms with Crippen LogP contribution in [0.2, 0.25) is 0 Å². The molecule has 2 fully saturated rings. The average molecular weight is 359 g/mol. The predicted molar refractivity (Wildman–Crippen MR) is 89.0 cm³/mol. The highest BCUT2D eigenvalue weighted by Gasteiger charge is 2.44. The summed E-state index contributed by atoms with van der Waals surface area (Å²) in [6.07, 6.45) is 2.78. The Bertz CT molecular complexity index is 568. The molecule has 0 bridgehead atoms. The van der Waals surface area contributed by atoms with Crippen molar-refractivity contribution < 1.29 is 18.3 Å². The molecule has 2 N–H and O–H groups in total. The molecule has 2 aliphatic carbocycles. The Morgan fingerprint density at radius 2 is 1.96 bits per heavy atom. The van der Waals surface area contributed by atoms with Crippen LogP contribution in [-0.2, 0) is 0 Å². The van der Waals surface area contributed by atoms with E-state index in [1.807, 2.05) is 0 Å². The van der Waals surface area contributed by atoms with E-state index in [4.69, 9.17) is 5.11 Å². The molecule has 142 valence electrons. The molecule has 4 unspecified atom stereocenters. The molecule has 3 rings (SSSR count). The highest BCUT2D eigenvalue weighted by Crippen LogP contribution is 2.39. The van der Waals surface area contributed by atoms with Gasteiger partial charge in [-0.2, -0.15) is 18.3 Å². The first-order valence-electron chi connectivity index (χ1n) is 9.25. The van der Waals surface area contributed by atoms with Gasteiger partial charge in [0.2, 0.25) is 0 Å². The Hall–Kier alpha value is -1.08. The Kier molecular flexibility index (Phi) is 5.44. The van der Waals surface area contributed by atoms with Gasteiger partial charge in [0.15, 0.2) is 0 Å². The maximum atomic E-state index is 13.5. The van der Waals surface area contributed by atoms with Crippen molar-refractivity contribution in [1.82, 2.24) is 15.1 Å². The van der Waals surface area contributed by atoms with E-state index in [2.05, 4.69) is 24.3 Å². The Balaban J connectivity index is 1.69. The molecule has 1 aromatic rings. The van der Waals surface area contributed by atoms with E-state index in [1.54, 1.807) is 10.9 Å². The van der Waals surface area contributed by atoms with Crippen LogP contribution in [0.3, 0.4) is 0 Å². The number of hydrogen-bond acceptors (Lipinski definition) is 3. The number of hydrogen-bond donors (Lipinski definition) is 2. The summed E-state index contributed by atoms with van der Waals surface area (Å²) in [5, 5.41) is 16.0. The van der Waals surface area contributed by atoms with Gasteiger partial charge in [0.1, 0.15) is 6.04 Å². The van der Waals surface area contributed by atoms with Crippen molar-refractivity contribution in [2.24, 2.45) is 17.8 Å². The van der Waals surface area contributed by atoms with Gasteiger partial charge in [-0.25, -0.2) is 0 Å². The first-order chi connectivity index (χ1) is 11.8. The lowest BCUT2D eigenvalue weighted by Crippen LogP contribution is -2.47. The van der Waals surface area contributed by atoms with Gasteiger partial charge >= 0.3 is 6.18 Å². The first-order valence-corrected chi connectivity index (χ1v) is 9.25. The second-order valence-electron chi connectivity index (χ2n) is 8.03. The molecular formula is C18H28F3N3O. The number of alkyl halides is 3. The van der Waals surface area contributed by atoms with Crippen molar-refractivity contribution in [3.63, 3.8) is 0 Å². The number of aromatic nitrogens is 2. The van der Waals surface area contributed by atoms with Gasteiger partial charge in [0, 0.05) is 24.4 Å². The zero-order valence-corrected chi connectivity index (χ0v) is 14.8. The minimum Gasteiger partial charge on any atom is -0.396 e. The third-order valence-electron chi connectivity index (χ3n) is 6.12. The van der Waals surface area contributed by atoms with Gasteiger partial charge in [-0.1, -0.05) is 13.8 Å². The Morgan fingerprint density at radius 3 is 2.56 bits per heavy atom. The van der Waals surface area contributed by atoms with E-state index in [-0.39, 0.29) is 30.2 Å². The number of aliphatic hydroxyl groups excluding tert-OH is 1. The fraction of sp³-hybridized carbons (Fsp3) is 0.833. The standard InChI is InChI=1S/C18H28F3N3O/c1-11-3-4-16(5-12(11)2)24-9-14(8-22-24)17(18(19,20)21)23-15-6-13(7-15)10-25/h8-9,11-13,15-17,23,25H,3-7,10H2,1-2H3. The second-order valence-corrected chi connectivity index (χ2v) is 8.03. The molecule has 2 aliphatic rings. The molecule has 1 heterocycles. The van der Waals surface area contributed by atoms with Crippen molar-refractivity contribution in [2.45, 2.75) is 70.3 Å². The maximum Gasteiger partial charge on any atom is 0.408 e. The summed E-state index contributed by atoms with van der Waals surface area (Å²) >= 11 is 0. The monoisotopic (exact) mass is 359 g/mol. The van der Waals surface area contributed by atoms with Crippen LogP contribution in [0.25, 0.3) is 0 Å². The summed E-state index contributed by atoms with van der Waals surface area (Å²) in [4.78, 5) is 0. The van der Waals surface area contributed by atoms with E-state index < -0.39 is 12.2 Å². The van der Waals surface area contributed by atoms with Crippen LogP contribution in [-0.4, -0.2) is 33.7 Å². The SMILES string of the molecule is CC1CCC(n2cc(C(NC3CC(CO)C3)C(F)(F)F)cn2)CC1C. The lowest BCUT2D eigenvalue weighted by molar-refractivity contribution is -0.162. The number of nitrogens with zero attached hydrogens (tertiary/aromatic N) is 2. The minimum absolute atomic E-state index is 0.0467. The molecule has 0 amide bonds. The van der Waals surface area contributed by atoms with Crippen LogP contribution in [0.1, 0.15) is 63.6 Å². The summed E-state index contributed by atoms with van der Waals surface area (Å²) < 4.78 is 42.3. The summed E-state index contributed by atoms with van der Waals surface area (Å²) in [5.41, 5.74) is 0.186. The van der Waals surface area contributed by atoms with E-state index >= 15 is 0 Å². The second kappa shape index (κ2) is 7.27. The first kappa shape index (κ1) is 18.7. The number of halogens is 3. The molecule has 25 heavy (non-hydrogen) atoms.